The molecule has 0 heterocycles. The van der Waals surface area contributed by atoms with E-state index in [0.717, 1.165) is 18.1 Å². The fraction of sp³-hybridized carbons (Fsp3) is 0.571. The average molecular weight is 272 g/mol. The Labute approximate surface area is 109 Å². The molecule has 2 rings (SSSR count). The number of benzene rings is 1. The minimum Gasteiger partial charge on any atom is -0.259 e. The standard InChI is InChI=1S/C14H18F2OS/c1-14(2,3)18(17)8-10-5-4-9-6-11(15)7-12(16)13(9)10/h6-7,10H,4-5,8H2,1-3H3. The zero-order chi connectivity index (χ0) is 13.5. The van der Waals surface area contributed by atoms with E-state index in [4.69, 9.17) is 0 Å². The molecule has 100 valence electrons. The lowest BCUT2D eigenvalue weighted by Crippen LogP contribution is -2.26. The first-order valence-electron chi connectivity index (χ1n) is 6.15. The maximum Gasteiger partial charge on any atom is 0.129 e. The van der Waals surface area contributed by atoms with E-state index in [0.29, 0.717) is 17.7 Å². The van der Waals surface area contributed by atoms with Crippen molar-refractivity contribution >= 4 is 10.8 Å². The Balaban J connectivity index is 2.25. The summed E-state index contributed by atoms with van der Waals surface area (Å²) in [7, 11) is -1.01. The summed E-state index contributed by atoms with van der Waals surface area (Å²) in [6.07, 6.45) is 1.44. The van der Waals surface area contributed by atoms with E-state index in [2.05, 4.69) is 0 Å². The summed E-state index contributed by atoms with van der Waals surface area (Å²) in [6.45, 7) is 5.75. The van der Waals surface area contributed by atoms with Gasteiger partial charge in [0, 0.05) is 27.4 Å². The van der Waals surface area contributed by atoms with Crippen LogP contribution in [0.3, 0.4) is 0 Å². The van der Waals surface area contributed by atoms with Gasteiger partial charge in [-0.2, -0.15) is 0 Å². The van der Waals surface area contributed by atoms with Crippen LogP contribution in [0, 0.1) is 11.6 Å². The third-order valence-electron chi connectivity index (χ3n) is 3.39. The van der Waals surface area contributed by atoms with Gasteiger partial charge < -0.3 is 0 Å². The summed E-state index contributed by atoms with van der Waals surface area (Å²) in [4.78, 5) is 0. The van der Waals surface area contributed by atoms with Crippen molar-refractivity contribution < 1.29 is 13.0 Å². The second kappa shape index (κ2) is 4.72. The second-order valence-electron chi connectivity index (χ2n) is 5.82. The average Bonchev–Trinajstić information content (AvgIpc) is 2.59. The van der Waals surface area contributed by atoms with Crippen molar-refractivity contribution in [3.63, 3.8) is 0 Å². The summed E-state index contributed by atoms with van der Waals surface area (Å²) in [6, 6.07) is 2.33. The SMILES string of the molecule is CC(C)(C)S(=O)CC1CCc2cc(F)cc(F)c21. The molecule has 2 atom stereocenters. The number of aryl methyl sites for hydroxylation is 1. The molecular weight excluding hydrogens is 254 g/mol. The maximum absolute atomic E-state index is 13.8. The molecule has 0 aliphatic heterocycles. The van der Waals surface area contributed by atoms with Crippen LogP contribution in [-0.4, -0.2) is 14.7 Å². The Morgan fingerprint density at radius 2 is 2.00 bits per heavy atom. The normalized spacial score (nSPS) is 20.8. The van der Waals surface area contributed by atoms with Gasteiger partial charge in [-0.3, -0.25) is 4.21 Å². The van der Waals surface area contributed by atoms with Crippen molar-refractivity contribution in [1.82, 2.24) is 0 Å². The number of fused-ring (bicyclic) bond motifs is 1. The van der Waals surface area contributed by atoms with Gasteiger partial charge in [0.2, 0.25) is 0 Å². The highest BCUT2D eigenvalue weighted by atomic mass is 32.2. The molecule has 1 aliphatic carbocycles. The molecule has 1 aliphatic rings. The lowest BCUT2D eigenvalue weighted by molar-refractivity contribution is 0.564. The van der Waals surface area contributed by atoms with Gasteiger partial charge in [-0.05, 0) is 56.7 Å². The monoisotopic (exact) mass is 272 g/mol. The molecule has 0 N–H and O–H groups in total. The molecule has 0 amide bonds. The Morgan fingerprint density at radius 1 is 1.33 bits per heavy atom. The third kappa shape index (κ3) is 2.63. The quantitative estimate of drug-likeness (QED) is 0.804. The minimum absolute atomic E-state index is 0.0411. The topological polar surface area (TPSA) is 17.1 Å². The highest BCUT2D eigenvalue weighted by molar-refractivity contribution is 7.86. The molecule has 0 fully saturated rings. The summed E-state index contributed by atoms with van der Waals surface area (Å²) < 4.78 is 38.7. The fourth-order valence-electron chi connectivity index (χ4n) is 2.38. The Bertz CT molecular complexity index is 491. The van der Waals surface area contributed by atoms with Crippen molar-refractivity contribution in [1.29, 1.82) is 0 Å². The van der Waals surface area contributed by atoms with Crippen LogP contribution in [0.25, 0.3) is 0 Å². The van der Waals surface area contributed by atoms with E-state index >= 15 is 0 Å². The molecule has 0 aromatic heterocycles. The van der Waals surface area contributed by atoms with Gasteiger partial charge in [0.25, 0.3) is 0 Å². The molecule has 1 aromatic rings. The maximum atomic E-state index is 13.8. The van der Waals surface area contributed by atoms with E-state index < -0.39 is 22.4 Å². The van der Waals surface area contributed by atoms with E-state index in [9.17, 15) is 13.0 Å². The number of halogens is 2. The number of hydrogen-bond acceptors (Lipinski definition) is 1. The fourth-order valence-corrected chi connectivity index (χ4v) is 3.57. The molecular formula is C14H18F2OS. The van der Waals surface area contributed by atoms with Gasteiger partial charge >= 0.3 is 0 Å². The zero-order valence-corrected chi connectivity index (χ0v) is 11.7. The third-order valence-corrected chi connectivity index (χ3v) is 5.46. The van der Waals surface area contributed by atoms with Gasteiger partial charge in [-0.25, -0.2) is 8.78 Å². The van der Waals surface area contributed by atoms with Crippen LogP contribution in [0.4, 0.5) is 8.78 Å². The van der Waals surface area contributed by atoms with Crippen molar-refractivity contribution in [3.05, 3.63) is 34.9 Å². The summed E-state index contributed by atoms with van der Waals surface area (Å²) >= 11 is 0. The molecule has 0 spiro atoms. The Kier molecular flexibility index (Phi) is 3.58. The summed E-state index contributed by atoms with van der Waals surface area (Å²) in [5.74, 6) is -0.595. The molecule has 2 unspecified atom stereocenters. The first-order chi connectivity index (χ1) is 8.29. The molecule has 1 aromatic carbocycles. The van der Waals surface area contributed by atoms with Gasteiger partial charge in [0.15, 0.2) is 0 Å². The Hall–Kier alpha value is -0.770. The highest BCUT2D eigenvalue weighted by Gasteiger charge is 2.31. The number of rotatable bonds is 2. The van der Waals surface area contributed by atoms with Gasteiger partial charge in [0.05, 0.1) is 0 Å². The lowest BCUT2D eigenvalue weighted by atomic mass is 10.0. The first-order valence-corrected chi connectivity index (χ1v) is 7.47. The largest absolute Gasteiger partial charge is 0.259 e. The van der Waals surface area contributed by atoms with Crippen LogP contribution < -0.4 is 0 Å². The second-order valence-corrected chi connectivity index (χ2v) is 8.07. The van der Waals surface area contributed by atoms with Crippen LogP contribution in [0.1, 0.15) is 44.2 Å². The van der Waals surface area contributed by atoms with Crippen molar-refractivity contribution in [2.75, 3.05) is 5.75 Å². The molecule has 4 heteroatoms. The van der Waals surface area contributed by atoms with Gasteiger partial charge in [-0.1, -0.05) is 0 Å². The van der Waals surface area contributed by atoms with Crippen LogP contribution in [0.15, 0.2) is 12.1 Å². The molecule has 1 nitrogen and oxygen atoms in total. The lowest BCUT2D eigenvalue weighted by Gasteiger charge is -2.21. The number of hydrogen-bond donors (Lipinski definition) is 0. The highest BCUT2D eigenvalue weighted by Crippen LogP contribution is 2.37. The summed E-state index contributed by atoms with van der Waals surface area (Å²) in [5, 5.41) is 0. The van der Waals surface area contributed by atoms with Crippen molar-refractivity contribution in [2.45, 2.75) is 44.3 Å². The Morgan fingerprint density at radius 3 is 2.61 bits per heavy atom. The van der Waals surface area contributed by atoms with Crippen molar-refractivity contribution in [2.24, 2.45) is 0 Å². The predicted octanol–water partition coefficient (Wildman–Crippen LogP) is 3.54. The van der Waals surface area contributed by atoms with Crippen LogP contribution in [-0.2, 0) is 17.2 Å². The summed E-state index contributed by atoms with van der Waals surface area (Å²) in [5.41, 5.74) is 1.32. The molecule has 0 saturated carbocycles. The van der Waals surface area contributed by atoms with Gasteiger partial charge in [0.1, 0.15) is 11.6 Å². The van der Waals surface area contributed by atoms with E-state index in [1.54, 1.807) is 0 Å². The van der Waals surface area contributed by atoms with E-state index in [-0.39, 0.29) is 10.7 Å². The molecule has 0 saturated heterocycles. The zero-order valence-electron chi connectivity index (χ0n) is 10.9. The van der Waals surface area contributed by atoms with Crippen LogP contribution in [0.5, 0.6) is 0 Å². The van der Waals surface area contributed by atoms with E-state index in [1.807, 2.05) is 20.8 Å². The minimum atomic E-state index is -1.01. The first kappa shape index (κ1) is 13.7. The van der Waals surface area contributed by atoms with Crippen LogP contribution in [0.2, 0.25) is 0 Å². The molecule has 18 heavy (non-hydrogen) atoms. The predicted molar refractivity (Wildman–Crippen MR) is 70.2 cm³/mol. The molecule has 0 bridgehead atoms. The van der Waals surface area contributed by atoms with Crippen molar-refractivity contribution in [3.8, 4) is 0 Å². The van der Waals surface area contributed by atoms with Gasteiger partial charge in [-0.15, -0.1) is 0 Å². The molecule has 0 radical (unpaired) electrons. The van der Waals surface area contributed by atoms with E-state index in [1.165, 1.54) is 6.07 Å². The smallest absolute Gasteiger partial charge is 0.129 e. The van der Waals surface area contributed by atoms with Crippen LogP contribution >= 0.6 is 0 Å².